The Hall–Kier alpha value is -2.67. The van der Waals surface area contributed by atoms with Gasteiger partial charge in [-0.15, -0.1) is 6.58 Å². The lowest BCUT2D eigenvalue weighted by molar-refractivity contribution is 0.0761. The van der Waals surface area contributed by atoms with Crippen LogP contribution in [-0.4, -0.2) is 36.6 Å². The van der Waals surface area contributed by atoms with Crippen molar-refractivity contribution in [2.24, 2.45) is 0 Å². The van der Waals surface area contributed by atoms with Gasteiger partial charge in [0.05, 0.1) is 6.54 Å². The van der Waals surface area contributed by atoms with Crippen molar-refractivity contribution in [1.29, 1.82) is 0 Å². The predicted octanol–water partition coefficient (Wildman–Crippen LogP) is 4.37. The average molecular weight is 433 g/mol. The molecule has 0 spiro atoms. The molecule has 0 radical (unpaired) electrons. The highest BCUT2D eigenvalue weighted by Crippen LogP contribution is 2.21. The van der Waals surface area contributed by atoms with Crippen molar-refractivity contribution in [3.8, 4) is 0 Å². The minimum Gasteiger partial charge on any atom is -0.447 e. The summed E-state index contributed by atoms with van der Waals surface area (Å²) in [7, 11) is 0. The number of hydrogen-bond acceptors (Lipinski definition) is 3. The number of carbonyl (C=O) groups is 2. The summed E-state index contributed by atoms with van der Waals surface area (Å²) in [4.78, 5) is 27.5. The molecule has 0 saturated carbocycles. The van der Waals surface area contributed by atoms with Crippen molar-refractivity contribution < 1.29 is 18.7 Å². The highest BCUT2D eigenvalue weighted by atomic mass is 79.9. The molecule has 3 rings (SSSR count). The Labute approximate surface area is 165 Å². The summed E-state index contributed by atoms with van der Waals surface area (Å²) >= 11 is 3.32. The van der Waals surface area contributed by atoms with Gasteiger partial charge in [-0.3, -0.25) is 9.69 Å². The van der Waals surface area contributed by atoms with E-state index in [4.69, 9.17) is 4.74 Å². The van der Waals surface area contributed by atoms with Gasteiger partial charge in [-0.1, -0.05) is 22.0 Å². The molecule has 2 aromatic carbocycles. The Bertz CT molecular complexity index is 870. The quantitative estimate of drug-likeness (QED) is 0.636. The van der Waals surface area contributed by atoms with Crippen LogP contribution in [0.3, 0.4) is 0 Å². The Morgan fingerprint density at radius 1 is 1.30 bits per heavy atom. The predicted molar refractivity (Wildman–Crippen MR) is 104 cm³/mol. The van der Waals surface area contributed by atoms with Gasteiger partial charge in [0.2, 0.25) is 0 Å². The normalized spacial score (nSPS) is 13.4. The number of carbonyl (C=O) groups excluding carboxylic acids is 2. The third-order valence-electron chi connectivity index (χ3n) is 4.19. The van der Waals surface area contributed by atoms with Crippen molar-refractivity contribution in [2.75, 3.05) is 24.6 Å². The Morgan fingerprint density at radius 3 is 2.67 bits per heavy atom. The summed E-state index contributed by atoms with van der Waals surface area (Å²) in [5.74, 6) is -0.618. The van der Waals surface area contributed by atoms with Crippen molar-refractivity contribution in [2.45, 2.75) is 6.54 Å². The average Bonchev–Trinajstić information content (AvgIpc) is 3.10. The van der Waals surface area contributed by atoms with Crippen molar-refractivity contribution >= 4 is 33.6 Å². The third kappa shape index (κ3) is 4.36. The highest BCUT2D eigenvalue weighted by Gasteiger charge is 2.24. The molecule has 0 bridgehead atoms. The zero-order valence-electron chi connectivity index (χ0n) is 14.5. The Morgan fingerprint density at radius 2 is 2.04 bits per heavy atom. The first-order valence-corrected chi connectivity index (χ1v) is 9.17. The molecular formula is C20H18BrFN2O3. The molecule has 2 aromatic rings. The standard InChI is InChI=1S/C20H18BrFN2O3/c1-2-9-23(13-15-12-16(21)5-8-18(15)22)19(25)14-3-6-17(7-4-14)24-10-11-27-20(24)26/h2-8,12H,1,9-11,13H2. The molecule has 1 aliphatic rings. The SMILES string of the molecule is C=CCN(Cc1cc(Br)ccc1F)C(=O)c1ccc(N2CCOC2=O)cc1. The first-order chi connectivity index (χ1) is 13.0. The zero-order valence-corrected chi connectivity index (χ0v) is 16.1. The number of benzene rings is 2. The van der Waals surface area contributed by atoms with Crippen LogP contribution in [0.2, 0.25) is 0 Å². The van der Waals surface area contributed by atoms with Crippen molar-refractivity contribution in [1.82, 2.24) is 4.90 Å². The molecule has 1 fully saturated rings. The fourth-order valence-corrected chi connectivity index (χ4v) is 3.25. The van der Waals surface area contributed by atoms with Gasteiger partial charge in [0.15, 0.2) is 0 Å². The Balaban J connectivity index is 1.79. The minimum absolute atomic E-state index is 0.121. The molecule has 0 aromatic heterocycles. The molecule has 0 N–H and O–H groups in total. The first kappa shape index (κ1) is 19.1. The summed E-state index contributed by atoms with van der Waals surface area (Å²) in [6.45, 7) is 4.92. The summed E-state index contributed by atoms with van der Waals surface area (Å²) < 4.78 is 19.7. The molecule has 1 saturated heterocycles. The molecule has 1 aliphatic heterocycles. The van der Waals surface area contributed by atoms with E-state index >= 15 is 0 Å². The van der Waals surface area contributed by atoms with Crippen LogP contribution < -0.4 is 4.90 Å². The van der Waals surface area contributed by atoms with E-state index in [1.54, 1.807) is 42.5 Å². The molecule has 7 heteroatoms. The van der Waals surface area contributed by atoms with E-state index in [9.17, 15) is 14.0 Å². The van der Waals surface area contributed by atoms with Gasteiger partial charge >= 0.3 is 6.09 Å². The first-order valence-electron chi connectivity index (χ1n) is 8.38. The molecule has 0 unspecified atom stereocenters. The number of amides is 2. The molecule has 0 aliphatic carbocycles. The fourth-order valence-electron chi connectivity index (χ4n) is 2.84. The van der Waals surface area contributed by atoms with Gasteiger partial charge in [0.25, 0.3) is 5.91 Å². The Kier molecular flexibility index (Phi) is 5.91. The van der Waals surface area contributed by atoms with Gasteiger partial charge in [-0.05, 0) is 42.5 Å². The molecule has 1 heterocycles. The van der Waals surface area contributed by atoms with Gasteiger partial charge in [-0.2, -0.15) is 0 Å². The second kappa shape index (κ2) is 8.35. The van der Waals surface area contributed by atoms with E-state index in [0.717, 1.165) is 4.47 Å². The van der Waals surface area contributed by atoms with Crippen LogP contribution in [0.1, 0.15) is 15.9 Å². The summed E-state index contributed by atoms with van der Waals surface area (Å²) in [5, 5.41) is 0. The maximum atomic E-state index is 14.1. The molecule has 0 atom stereocenters. The van der Waals surface area contributed by atoms with E-state index in [0.29, 0.717) is 30.0 Å². The smallest absolute Gasteiger partial charge is 0.414 e. The topological polar surface area (TPSA) is 49.9 Å². The second-order valence-electron chi connectivity index (χ2n) is 6.02. The van der Waals surface area contributed by atoms with Crippen LogP contribution in [0.15, 0.2) is 59.6 Å². The van der Waals surface area contributed by atoms with E-state index in [-0.39, 0.29) is 24.8 Å². The number of ether oxygens (including phenoxy) is 1. The molecule has 140 valence electrons. The van der Waals surface area contributed by atoms with Gasteiger partial charge < -0.3 is 9.64 Å². The van der Waals surface area contributed by atoms with Crippen LogP contribution in [0.4, 0.5) is 14.9 Å². The zero-order chi connectivity index (χ0) is 19.4. The monoisotopic (exact) mass is 432 g/mol. The third-order valence-corrected chi connectivity index (χ3v) is 4.69. The van der Waals surface area contributed by atoms with Crippen molar-refractivity contribution in [3.63, 3.8) is 0 Å². The molecule has 2 amide bonds. The maximum Gasteiger partial charge on any atom is 0.414 e. The van der Waals surface area contributed by atoms with E-state index in [1.165, 1.54) is 15.9 Å². The van der Waals surface area contributed by atoms with Gasteiger partial charge in [0, 0.05) is 34.4 Å². The highest BCUT2D eigenvalue weighted by molar-refractivity contribution is 9.10. The maximum absolute atomic E-state index is 14.1. The molecular weight excluding hydrogens is 415 g/mol. The van der Waals surface area contributed by atoms with Crippen LogP contribution in [0, 0.1) is 5.82 Å². The number of cyclic esters (lactones) is 1. The molecule has 27 heavy (non-hydrogen) atoms. The van der Waals surface area contributed by atoms with E-state index in [1.807, 2.05) is 0 Å². The van der Waals surface area contributed by atoms with Crippen molar-refractivity contribution in [3.05, 3.63) is 76.5 Å². The largest absolute Gasteiger partial charge is 0.447 e. The summed E-state index contributed by atoms with van der Waals surface area (Å²) in [5.41, 5.74) is 1.53. The lowest BCUT2D eigenvalue weighted by Crippen LogP contribution is -2.31. The van der Waals surface area contributed by atoms with E-state index < -0.39 is 6.09 Å². The van der Waals surface area contributed by atoms with Crippen LogP contribution in [-0.2, 0) is 11.3 Å². The number of nitrogens with zero attached hydrogens (tertiary/aromatic N) is 2. The fraction of sp³-hybridized carbons (Fsp3) is 0.200. The van der Waals surface area contributed by atoms with Crippen LogP contribution in [0.5, 0.6) is 0 Å². The summed E-state index contributed by atoms with van der Waals surface area (Å²) in [6, 6.07) is 11.3. The number of anilines is 1. The number of rotatable bonds is 6. The lowest BCUT2D eigenvalue weighted by atomic mass is 10.1. The minimum atomic E-state index is -0.396. The van der Waals surface area contributed by atoms with Gasteiger partial charge in [-0.25, -0.2) is 9.18 Å². The number of halogens is 2. The van der Waals surface area contributed by atoms with Gasteiger partial charge in [0.1, 0.15) is 12.4 Å². The lowest BCUT2D eigenvalue weighted by Gasteiger charge is -2.22. The second-order valence-corrected chi connectivity index (χ2v) is 6.94. The number of hydrogen-bond donors (Lipinski definition) is 0. The molecule has 5 nitrogen and oxygen atoms in total. The summed E-state index contributed by atoms with van der Waals surface area (Å²) in [6.07, 6.45) is 1.20. The van der Waals surface area contributed by atoms with E-state index in [2.05, 4.69) is 22.5 Å². The van der Waals surface area contributed by atoms with Crippen LogP contribution in [0.25, 0.3) is 0 Å². The van der Waals surface area contributed by atoms with Crippen LogP contribution >= 0.6 is 15.9 Å².